The van der Waals surface area contributed by atoms with Crippen LogP contribution >= 0.6 is 0 Å². The van der Waals surface area contributed by atoms with E-state index in [-0.39, 0.29) is 11.7 Å². The SMILES string of the molecule is CCc1cn2c3c(cc(C(=O)N[C@@H](Cc4ccccc4)[C@@H](CNCc4ccccc4)OC=O)cc13)N(C)S(=O)(=O)CC2. The van der Waals surface area contributed by atoms with E-state index in [9.17, 15) is 18.0 Å². The maximum absolute atomic E-state index is 13.9. The van der Waals surface area contributed by atoms with Crippen molar-refractivity contribution in [2.24, 2.45) is 0 Å². The number of benzene rings is 3. The summed E-state index contributed by atoms with van der Waals surface area (Å²) >= 11 is 0. The lowest BCUT2D eigenvalue weighted by Crippen LogP contribution is -2.50. The fourth-order valence-electron chi connectivity index (χ4n) is 5.52. The molecule has 2 N–H and O–H groups in total. The number of carbonyl (C=O) groups is 2. The van der Waals surface area contributed by atoms with E-state index in [2.05, 4.69) is 10.6 Å². The highest BCUT2D eigenvalue weighted by atomic mass is 32.2. The van der Waals surface area contributed by atoms with Gasteiger partial charge < -0.3 is 19.9 Å². The molecule has 0 unspecified atom stereocenters. The van der Waals surface area contributed by atoms with Crippen molar-refractivity contribution < 1.29 is 22.7 Å². The standard InChI is InChI=1S/C32H36N4O5S/c1-3-25-21-36-14-15-42(39,40)35(2)29-18-26(17-27(25)31(29)36)32(38)34-28(16-23-10-6-4-7-11-23)30(41-22-37)20-33-19-24-12-8-5-9-13-24/h4-13,17-18,21-22,28,30,33H,3,14-16,19-20H2,1-2H3,(H,34,38)/t28-,30+/m0/s1. The number of nitrogens with one attached hydrogen (secondary N) is 2. The monoisotopic (exact) mass is 588 g/mol. The van der Waals surface area contributed by atoms with Crippen LogP contribution in [0.2, 0.25) is 0 Å². The van der Waals surface area contributed by atoms with Crippen molar-refractivity contribution in [1.82, 2.24) is 15.2 Å². The molecule has 2 atom stereocenters. The quantitative estimate of drug-likeness (QED) is 0.245. The van der Waals surface area contributed by atoms with Gasteiger partial charge in [-0.25, -0.2) is 8.42 Å². The molecule has 220 valence electrons. The smallest absolute Gasteiger partial charge is 0.293 e. The molecule has 0 radical (unpaired) electrons. The summed E-state index contributed by atoms with van der Waals surface area (Å²) < 4.78 is 34.7. The Morgan fingerprint density at radius 2 is 1.74 bits per heavy atom. The molecule has 0 spiro atoms. The van der Waals surface area contributed by atoms with E-state index in [1.54, 1.807) is 6.07 Å². The Morgan fingerprint density at radius 1 is 1.05 bits per heavy atom. The second-order valence-electron chi connectivity index (χ2n) is 10.5. The first-order chi connectivity index (χ1) is 20.3. The highest BCUT2D eigenvalue weighted by Crippen LogP contribution is 2.35. The first-order valence-corrected chi connectivity index (χ1v) is 15.7. The zero-order valence-electron chi connectivity index (χ0n) is 23.8. The molecule has 0 saturated heterocycles. The lowest BCUT2D eigenvalue weighted by Gasteiger charge is -2.27. The van der Waals surface area contributed by atoms with Crippen LogP contribution < -0.4 is 14.9 Å². The van der Waals surface area contributed by atoms with Gasteiger partial charge in [0, 0.05) is 43.8 Å². The summed E-state index contributed by atoms with van der Waals surface area (Å²) in [5.41, 5.74) is 4.72. The van der Waals surface area contributed by atoms with Gasteiger partial charge in [-0.2, -0.15) is 0 Å². The normalized spacial score (nSPS) is 15.5. The van der Waals surface area contributed by atoms with Crippen LogP contribution in [0.3, 0.4) is 0 Å². The van der Waals surface area contributed by atoms with Crippen molar-refractivity contribution in [3.63, 3.8) is 0 Å². The number of hydrogen-bond acceptors (Lipinski definition) is 6. The Labute approximate surface area is 246 Å². The predicted molar refractivity (Wildman–Crippen MR) is 164 cm³/mol. The van der Waals surface area contributed by atoms with Gasteiger partial charge in [0.15, 0.2) is 0 Å². The van der Waals surface area contributed by atoms with Crippen molar-refractivity contribution in [2.45, 2.75) is 45.0 Å². The molecular formula is C32H36N4O5S. The highest BCUT2D eigenvalue weighted by Gasteiger charge is 2.30. The molecule has 1 aliphatic rings. The van der Waals surface area contributed by atoms with Crippen LogP contribution in [0.1, 0.15) is 34.0 Å². The molecule has 0 saturated carbocycles. The van der Waals surface area contributed by atoms with Crippen LogP contribution in [-0.4, -0.2) is 56.9 Å². The summed E-state index contributed by atoms with van der Waals surface area (Å²) in [5.74, 6) is -0.395. The number of anilines is 1. The number of aryl methyl sites for hydroxylation is 2. The fourth-order valence-corrected chi connectivity index (χ4v) is 6.66. The average Bonchev–Trinajstić information content (AvgIpc) is 3.33. The Hall–Kier alpha value is -4.15. The Kier molecular flexibility index (Phi) is 8.94. The number of carbonyl (C=O) groups excluding carboxylic acids is 2. The first-order valence-electron chi connectivity index (χ1n) is 14.1. The number of amides is 1. The summed E-state index contributed by atoms with van der Waals surface area (Å²) in [6, 6.07) is 22.5. The van der Waals surface area contributed by atoms with Gasteiger partial charge in [-0.1, -0.05) is 67.6 Å². The molecule has 0 fully saturated rings. The van der Waals surface area contributed by atoms with Crippen LogP contribution in [0.5, 0.6) is 0 Å². The summed E-state index contributed by atoms with van der Waals surface area (Å²) in [5, 5.41) is 7.31. The summed E-state index contributed by atoms with van der Waals surface area (Å²) in [6.07, 6.45) is 2.49. The average molecular weight is 589 g/mol. The first kappa shape index (κ1) is 29.3. The minimum Gasteiger partial charge on any atom is -0.461 e. The van der Waals surface area contributed by atoms with Gasteiger partial charge in [0.1, 0.15) is 6.10 Å². The number of ether oxygens (including phenoxy) is 1. The predicted octanol–water partition coefficient (Wildman–Crippen LogP) is 3.66. The van der Waals surface area contributed by atoms with Crippen LogP contribution in [0, 0.1) is 0 Å². The lowest BCUT2D eigenvalue weighted by molar-refractivity contribution is -0.134. The molecule has 0 aliphatic carbocycles. The molecule has 0 bridgehead atoms. The van der Waals surface area contributed by atoms with E-state index in [1.165, 1.54) is 11.4 Å². The van der Waals surface area contributed by atoms with Gasteiger partial charge in [-0.05, 0) is 41.7 Å². The van der Waals surface area contributed by atoms with Gasteiger partial charge in [-0.15, -0.1) is 0 Å². The second-order valence-corrected chi connectivity index (χ2v) is 12.7. The third kappa shape index (κ3) is 6.34. The molecule has 1 amide bonds. The molecule has 9 nitrogen and oxygen atoms in total. The van der Waals surface area contributed by atoms with Gasteiger partial charge in [0.05, 0.1) is 23.0 Å². The third-order valence-corrected chi connectivity index (χ3v) is 9.57. The number of sulfonamides is 1. The van der Waals surface area contributed by atoms with Gasteiger partial charge in [0.25, 0.3) is 12.4 Å². The second kappa shape index (κ2) is 12.8. The zero-order chi connectivity index (χ0) is 29.7. The van der Waals surface area contributed by atoms with Crippen LogP contribution in [-0.2, 0) is 45.5 Å². The fraction of sp³-hybridized carbons (Fsp3) is 0.312. The lowest BCUT2D eigenvalue weighted by atomic mass is 9.99. The van der Waals surface area contributed by atoms with E-state index in [0.29, 0.717) is 43.8 Å². The molecule has 5 rings (SSSR count). The van der Waals surface area contributed by atoms with Crippen LogP contribution in [0.15, 0.2) is 79.0 Å². The number of aromatic nitrogens is 1. The molecule has 10 heteroatoms. The Bertz CT molecular complexity index is 1650. The third-order valence-electron chi connectivity index (χ3n) is 7.84. The van der Waals surface area contributed by atoms with E-state index in [1.807, 2.05) is 84.4 Å². The Balaban J connectivity index is 1.46. The number of hydrogen-bond donors (Lipinski definition) is 2. The minimum absolute atomic E-state index is 0.0213. The van der Waals surface area contributed by atoms with Crippen LogP contribution in [0.25, 0.3) is 10.9 Å². The van der Waals surface area contributed by atoms with Crippen molar-refractivity contribution in [3.05, 3.63) is 101 Å². The zero-order valence-corrected chi connectivity index (χ0v) is 24.6. The van der Waals surface area contributed by atoms with Crippen LogP contribution in [0.4, 0.5) is 5.69 Å². The Morgan fingerprint density at radius 3 is 2.40 bits per heavy atom. The molecule has 3 aromatic carbocycles. The largest absolute Gasteiger partial charge is 0.461 e. The molecule has 42 heavy (non-hydrogen) atoms. The maximum Gasteiger partial charge on any atom is 0.293 e. The summed E-state index contributed by atoms with van der Waals surface area (Å²) in [6.45, 7) is 3.69. The van der Waals surface area contributed by atoms with E-state index < -0.39 is 22.2 Å². The van der Waals surface area contributed by atoms with Gasteiger partial charge >= 0.3 is 0 Å². The minimum atomic E-state index is -3.55. The van der Waals surface area contributed by atoms with Crippen molar-refractivity contribution in [3.8, 4) is 0 Å². The van der Waals surface area contributed by atoms with Crippen molar-refractivity contribution in [2.75, 3.05) is 23.7 Å². The van der Waals surface area contributed by atoms with Crippen molar-refractivity contribution in [1.29, 1.82) is 0 Å². The van der Waals surface area contributed by atoms with Gasteiger partial charge in [-0.3, -0.25) is 13.9 Å². The molecule has 1 aliphatic heterocycles. The number of nitrogens with zero attached hydrogens (tertiary/aromatic N) is 2. The van der Waals surface area contributed by atoms with Gasteiger partial charge in [0.2, 0.25) is 10.0 Å². The topological polar surface area (TPSA) is 110 Å². The van der Waals surface area contributed by atoms with E-state index in [4.69, 9.17) is 4.74 Å². The maximum atomic E-state index is 13.9. The molecule has 4 aromatic rings. The molecule has 1 aromatic heterocycles. The summed E-state index contributed by atoms with van der Waals surface area (Å²) in [4.78, 5) is 25.5. The van der Waals surface area contributed by atoms with E-state index in [0.717, 1.165) is 34.0 Å². The van der Waals surface area contributed by atoms with E-state index >= 15 is 0 Å². The number of rotatable bonds is 12. The molecular weight excluding hydrogens is 552 g/mol. The molecule has 2 heterocycles. The summed E-state index contributed by atoms with van der Waals surface area (Å²) in [7, 11) is -2.02. The highest BCUT2D eigenvalue weighted by molar-refractivity contribution is 7.92. The van der Waals surface area contributed by atoms with Crippen molar-refractivity contribution >= 4 is 39.0 Å².